The molecule has 0 unspecified atom stereocenters. The van der Waals surface area contributed by atoms with Crippen molar-refractivity contribution in [3.63, 3.8) is 0 Å². The Bertz CT molecular complexity index is 1140. The van der Waals surface area contributed by atoms with Crippen LogP contribution in [0.1, 0.15) is 21.7 Å². The van der Waals surface area contributed by atoms with E-state index in [9.17, 15) is 4.79 Å². The first-order chi connectivity index (χ1) is 12.0. The van der Waals surface area contributed by atoms with Crippen molar-refractivity contribution >= 4 is 44.1 Å². The van der Waals surface area contributed by atoms with E-state index in [0.717, 1.165) is 32.1 Å². The molecule has 4 rings (SSSR count). The Labute approximate surface area is 152 Å². The lowest BCUT2D eigenvalue weighted by Crippen LogP contribution is -2.16. The first-order valence-corrected chi connectivity index (χ1v) is 8.50. The zero-order valence-electron chi connectivity index (χ0n) is 13.6. The van der Waals surface area contributed by atoms with E-state index in [2.05, 4.69) is 36.3 Å². The van der Waals surface area contributed by atoms with Crippen molar-refractivity contribution in [3.05, 3.63) is 64.1 Å². The zero-order chi connectivity index (χ0) is 17.6. The summed E-state index contributed by atoms with van der Waals surface area (Å²) in [5.74, 6) is 0.196. The fraction of sp³-hybridized carbons (Fsp3) is 0.111. The molecule has 3 heterocycles. The first kappa shape index (κ1) is 15.7. The van der Waals surface area contributed by atoms with E-state index in [0.29, 0.717) is 11.5 Å². The molecule has 0 aliphatic heterocycles. The molecule has 0 saturated carbocycles. The van der Waals surface area contributed by atoms with Gasteiger partial charge >= 0.3 is 0 Å². The van der Waals surface area contributed by atoms with Crippen molar-refractivity contribution in [1.29, 1.82) is 0 Å². The van der Waals surface area contributed by atoms with Crippen LogP contribution in [0.5, 0.6) is 0 Å². The fourth-order valence-corrected chi connectivity index (χ4v) is 3.23. The predicted molar refractivity (Wildman–Crippen MR) is 99.9 cm³/mol. The van der Waals surface area contributed by atoms with Crippen LogP contribution >= 0.6 is 15.9 Å². The third-order valence-electron chi connectivity index (χ3n) is 3.94. The van der Waals surface area contributed by atoms with Crippen LogP contribution in [0, 0.1) is 13.8 Å². The number of imidazole rings is 1. The van der Waals surface area contributed by atoms with Gasteiger partial charge in [0.1, 0.15) is 11.5 Å². The first-order valence-electron chi connectivity index (χ1n) is 7.71. The maximum absolute atomic E-state index is 12.7. The molecular weight excluding hydrogens is 382 g/mol. The fourth-order valence-electron chi connectivity index (χ4n) is 2.79. The number of anilines is 1. The molecule has 1 N–H and O–H groups in total. The highest BCUT2D eigenvalue weighted by Gasteiger charge is 2.15. The monoisotopic (exact) mass is 395 g/mol. The molecule has 124 valence electrons. The third kappa shape index (κ3) is 2.76. The molecule has 0 aliphatic carbocycles. The molecular formula is C18H14BrN5O. The Morgan fingerprint density at radius 2 is 1.96 bits per heavy atom. The molecule has 0 bridgehead atoms. The summed E-state index contributed by atoms with van der Waals surface area (Å²) in [6.07, 6.45) is 3.48. The number of hydrogen-bond donors (Lipinski definition) is 1. The summed E-state index contributed by atoms with van der Waals surface area (Å²) in [6, 6.07) is 9.48. The summed E-state index contributed by atoms with van der Waals surface area (Å²) in [5, 5.41) is 9.06. The average Bonchev–Trinajstić information content (AvgIpc) is 2.98. The number of benzene rings is 1. The summed E-state index contributed by atoms with van der Waals surface area (Å²) >= 11 is 3.48. The molecule has 6 nitrogen and oxygen atoms in total. The highest BCUT2D eigenvalue weighted by molar-refractivity contribution is 9.10. The molecule has 3 aromatic heterocycles. The number of amides is 1. The van der Waals surface area contributed by atoms with Gasteiger partial charge in [-0.25, -0.2) is 14.5 Å². The third-order valence-corrected chi connectivity index (χ3v) is 4.57. The van der Waals surface area contributed by atoms with Gasteiger partial charge < -0.3 is 5.32 Å². The number of nitrogens with one attached hydrogen (secondary N) is 1. The van der Waals surface area contributed by atoms with Gasteiger partial charge in [-0.2, -0.15) is 5.10 Å². The molecule has 1 amide bonds. The van der Waals surface area contributed by atoms with Crippen molar-refractivity contribution in [2.45, 2.75) is 13.8 Å². The van der Waals surface area contributed by atoms with Crippen LogP contribution in [0.2, 0.25) is 0 Å². The topological polar surface area (TPSA) is 72.2 Å². The number of halogens is 1. The van der Waals surface area contributed by atoms with E-state index < -0.39 is 0 Å². The lowest BCUT2D eigenvalue weighted by Gasteiger charge is -2.09. The molecule has 7 heteroatoms. The minimum atomic E-state index is -0.309. The van der Waals surface area contributed by atoms with E-state index in [1.54, 1.807) is 23.0 Å². The largest absolute Gasteiger partial charge is 0.305 e. The van der Waals surface area contributed by atoms with E-state index in [4.69, 9.17) is 0 Å². The highest BCUT2D eigenvalue weighted by Crippen LogP contribution is 2.28. The SMILES string of the molecule is Cc1cn2nc(C(=O)Nc3ncc(Br)c4ccccc34)cc(C)c2n1. The van der Waals surface area contributed by atoms with Crippen LogP contribution < -0.4 is 5.32 Å². The summed E-state index contributed by atoms with van der Waals surface area (Å²) in [7, 11) is 0. The molecule has 0 saturated heterocycles. The van der Waals surface area contributed by atoms with E-state index in [1.807, 2.05) is 38.1 Å². The van der Waals surface area contributed by atoms with Crippen molar-refractivity contribution in [1.82, 2.24) is 19.6 Å². The van der Waals surface area contributed by atoms with Crippen LogP contribution in [-0.4, -0.2) is 25.5 Å². The van der Waals surface area contributed by atoms with Crippen LogP contribution in [0.3, 0.4) is 0 Å². The number of aromatic nitrogens is 4. The summed E-state index contributed by atoms with van der Waals surface area (Å²) in [4.78, 5) is 21.4. The molecule has 0 atom stereocenters. The lowest BCUT2D eigenvalue weighted by molar-refractivity contribution is 0.102. The maximum atomic E-state index is 12.7. The minimum absolute atomic E-state index is 0.309. The molecule has 0 radical (unpaired) electrons. The van der Waals surface area contributed by atoms with Gasteiger partial charge in [0.2, 0.25) is 0 Å². The standard InChI is InChI=1S/C18H14BrN5O/c1-10-7-15(23-24-9-11(2)21-17(10)24)18(25)22-16-13-6-4-3-5-12(13)14(19)8-20-16/h3-9H,1-2H3,(H,20,22,25). The number of aryl methyl sites for hydroxylation is 2. The Morgan fingerprint density at radius 1 is 1.20 bits per heavy atom. The van der Waals surface area contributed by atoms with Crippen molar-refractivity contribution in [3.8, 4) is 0 Å². The van der Waals surface area contributed by atoms with Gasteiger partial charge in [0.25, 0.3) is 5.91 Å². The van der Waals surface area contributed by atoms with Crippen LogP contribution in [0.15, 0.2) is 47.2 Å². The number of fused-ring (bicyclic) bond motifs is 2. The normalized spacial score (nSPS) is 11.2. The number of hydrogen-bond acceptors (Lipinski definition) is 4. The predicted octanol–water partition coefficient (Wildman–Crippen LogP) is 3.91. The molecule has 0 fully saturated rings. The number of rotatable bonds is 2. The quantitative estimate of drug-likeness (QED) is 0.558. The summed E-state index contributed by atoms with van der Waals surface area (Å²) < 4.78 is 2.51. The van der Waals surface area contributed by atoms with Gasteiger partial charge in [-0.3, -0.25) is 4.79 Å². The van der Waals surface area contributed by atoms with Crippen molar-refractivity contribution in [2.75, 3.05) is 5.32 Å². The second kappa shape index (κ2) is 5.93. The second-order valence-electron chi connectivity index (χ2n) is 5.82. The molecule has 4 aromatic rings. The highest BCUT2D eigenvalue weighted by atomic mass is 79.9. The summed E-state index contributed by atoms with van der Waals surface area (Å²) in [6.45, 7) is 3.80. The summed E-state index contributed by atoms with van der Waals surface area (Å²) in [5.41, 5.74) is 2.81. The number of nitrogens with zero attached hydrogens (tertiary/aromatic N) is 4. The lowest BCUT2D eigenvalue weighted by atomic mass is 10.1. The number of pyridine rings is 1. The molecule has 0 spiro atoms. The Morgan fingerprint density at radius 3 is 2.76 bits per heavy atom. The Kier molecular flexibility index (Phi) is 3.73. The van der Waals surface area contributed by atoms with Gasteiger partial charge in [0, 0.05) is 21.4 Å². The Hall–Kier alpha value is -2.80. The smallest absolute Gasteiger partial charge is 0.277 e. The second-order valence-corrected chi connectivity index (χ2v) is 6.67. The average molecular weight is 396 g/mol. The molecule has 0 aliphatic rings. The minimum Gasteiger partial charge on any atom is -0.305 e. The van der Waals surface area contributed by atoms with Gasteiger partial charge in [-0.05, 0) is 41.4 Å². The maximum Gasteiger partial charge on any atom is 0.277 e. The van der Waals surface area contributed by atoms with Gasteiger partial charge in [-0.1, -0.05) is 24.3 Å². The van der Waals surface area contributed by atoms with Crippen LogP contribution in [-0.2, 0) is 0 Å². The van der Waals surface area contributed by atoms with Crippen LogP contribution in [0.25, 0.3) is 16.4 Å². The zero-order valence-corrected chi connectivity index (χ0v) is 15.2. The number of carbonyl (C=O) groups is 1. The van der Waals surface area contributed by atoms with Crippen LogP contribution in [0.4, 0.5) is 5.82 Å². The van der Waals surface area contributed by atoms with Crippen molar-refractivity contribution < 1.29 is 4.79 Å². The number of carbonyl (C=O) groups excluding carboxylic acids is 1. The van der Waals surface area contributed by atoms with E-state index in [-0.39, 0.29) is 5.91 Å². The molecule has 25 heavy (non-hydrogen) atoms. The van der Waals surface area contributed by atoms with Gasteiger partial charge in [0.05, 0.1) is 11.9 Å². The molecule has 1 aromatic carbocycles. The van der Waals surface area contributed by atoms with E-state index >= 15 is 0 Å². The van der Waals surface area contributed by atoms with E-state index in [1.165, 1.54) is 0 Å². The van der Waals surface area contributed by atoms with Crippen molar-refractivity contribution in [2.24, 2.45) is 0 Å². The van der Waals surface area contributed by atoms with Gasteiger partial charge in [0.15, 0.2) is 5.65 Å². The Balaban J connectivity index is 1.75. The van der Waals surface area contributed by atoms with Gasteiger partial charge in [-0.15, -0.1) is 0 Å².